The molecule has 1 N–H and O–H groups in total. The van der Waals surface area contributed by atoms with Gasteiger partial charge >= 0.3 is 0 Å². The minimum Gasteiger partial charge on any atom is -0.299 e. The lowest BCUT2D eigenvalue weighted by molar-refractivity contribution is 0.928. The quantitative estimate of drug-likeness (QED) is 0.608. The summed E-state index contributed by atoms with van der Waals surface area (Å²) in [6.07, 6.45) is 1.04. The molecule has 5 nitrogen and oxygen atoms in total. The Labute approximate surface area is 135 Å². The minimum absolute atomic E-state index is 0.601. The van der Waals surface area contributed by atoms with Crippen molar-refractivity contribution in [1.82, 2.24) is 19.6 Å². The first-order valence-corrected chi connectivity index (χ1v) is 8.76. The van der Waals surface area contributed by atoms with Crippen molar-refractivity contribution in [2.24, 2.45) is 0 Å². The van der Waals surface area contributed by atoms with Crippen LogP contribution in [0.1, 0.15) is 23.1 Å². The number of rotatable bonds is 3. The van der Waals surface area contributed by atoms with Crippen molar-refractivity contribution in [1.29, 1.82) is 0 Å². The van der Waals surface area contributed by atoms with Gasteiger partial charge in [-0.25, -0.2) is 9.50 Å². The van der Waals surface area contributed by atoms with Crippen molar-refractivity contribution >= 4 is 48.9 Å². The van der Waals surface area contributed by atoms with E-state index in [1.54, 1.807) is 22.7 Å². The fourth-order valence-electron chi connectivity index (χ4n) is 2.33. The smallest absolute Gasteiger partial charge is 0.250 e. The summed E-state index contributed by atoms with van der Waals surface area (Å²) in [5.41, 5.74) is 3.48. The fourth-order valence-corrected chi connectivity index (χ4v) is 4.16. The molecule has 0 radical (unpaired) electrons. The van der Waals surface area contributed by atoms with Gasteiger partial charge in [0, 0.05) is 4.88 Å². The zero-order chi connectivity index (χ0) is 15.3. The summed E-state index contributed by atoms with van der Waals surface area (Å²) < 4.78 is 3.07. The third kappa shape index (κ3) is 2.17. The molecule has 0 bridgehead atoms. The minimum atomic E-state index is 0.601. The van der Waals surface area contributed by atoms with E-state index >= 15 is 0 Å². The summed E-state index contributed by atoms with van der Waals surface area (Å²) in [4.78, 5) is 11.3. The van der Waals surface area contributed by atoms with Gasteiger partial charge in [0.05, 0.1) is 15.9 Å². The zero-order valence-electron chi connectivity index (χ0n) is 12.5. The maximum Gasteiger partial charge on any atom is 0.250 e. The Morgan fingerprint density at radius 3 is 2.82 bits per heavy atom. The van der Waals surface area contributed by atoms with Crippen LogP contribution in [0.3, 0.4) is 0 Å². The van der Waals surface area contributed by atoms with Crippen LogP contribution in [-0.4, -0.2) is 19.6 Å². The molecule has 4 aromatic rings. The molecule has 7 heteroatoms. The predicted molar refractivity (Wildman–Crippen MR) is 92.6 cm³/mol. The van der Waals surface area contributed by atoms with Crippen molar-refractivity contribution in [3.05, 3.63) is 34.3 Å². The second kappa shape index (κ2) is 5.03. The number of hydrogen-bond acceptors (Lipinski definition) is 6. The molecule has 1 aromatic carbocycles. The molecule has 3 aromatic heterocycles. The van der Waals surface area contributed by atoms with E-state index in [2.05, 4.69) is 59.4 Å². The molecule has 0 saturated carbocycles. The van der Waals surface area contributed by atoms with E-state index in [1.807, 2.05) is 4.52 Å². The van der Waals surface area contributed by atoms with Crippen molar-refractivity contribution in [2.45, 2.75) is 27.2 Å². The Morgan fingerprint density at radius 2 is 2.05 bits per heavy atom. The molecule has 0 atom stereocenters. The van der Waals surface area contributed by atoms with E-state index in [0.29, 0.717) is 5.95 Å². The Bertz CT molecular complexity index is 979. The Kier molecular flexibility index (Phi) is 3.12. The molecular formula is C15H15N5S2. The SMILES string of the molecule is CCc1ccc2nc(Nc3nc4sc(C)c(C)n4n3)sc2c1. The molecule has 0 aliphatic heterocycles. The van der Waals surface area contributed by atoms with Gasteiger partial charge in [0.2, 0.25) is 10.9 Å². The standard InChI is InChI=1S/C15H15N5S2/c1-4-10-5-6-11-12(7-10)22-14(16-11)17-13-18-15-20(19-13)8(2)9(3)21-15/h5-7H,4H2,1-3H3,(H,16,17,19). The van der Waals surface area contributed by atoms with Crippen LogP contribution in [0.15, 0.2) is 18.2 Å². The molecule has 112 valence electrons. The molecule has 0 aliphatic rings. The van der Waals surface area contributed by atoms with Crippen LogP contribution in [-0.2, 0) is 6.42 Å². The van der Waals surface area contributed by atoms with Gasteiger partial charge in [0.1, 0.15) is 0 Å². The van der Waals surface area contributed by atoms with Crippen LogP contribution < -0.4 is 5.32 Å². The van der Waals surface area contributed by atoms with E-state index in [-0.39, 0.29) is 0 Å². The highest BCUT2D eigenvalue weighted by Crippen LogP contribution is 2.29. The number of nitrogens with zero attached hydrogens (tertiary/aromatic N) is 4. The van der Waals surface area contributed by atoms with E-state index < -0.39 is 0 Å². The average Bonchev–Trinajstić information content (AvgIpc) is 3.14. The maximum absolute atomic E-state index is 4.60. The maximum atomic E-state index is 4.60. The molecule has 0 spiro atoms. The van der Waals surface area contributed by atoms with Crippen LogP contribution in [0.5, 0.6) is 0 Å². The molecule has 0 saturated heterocycles. The first kappa shape index (κ1) is 13.7. The van der Waals surface area contributed by atoms with Crippen LogP contribution in [0.2, 0.25) is 0 Å². The second-order valence-corrected chi connectivity index (χ2v) is 7.39. The van der Waals surface area contributed by atoms with Gasteiger partial charge in [0.15, 0.2) is 5.13 Å². The fraction of sp³-hybridized carbons (Fsp3) is 0.267. The van der Waals surface area contributed by atoms with Gasteiger partial charge in [-0.15, -0.1) is 5.10 Å². The summed E-state index contributed by atoms with van der Waals surface area (Å²) in [7, 11) is 0. The lowest BCUT2D eigenvalue weighted by Crippen LogP contribution is -1.93. The molecule has 0 aliphatic carbocycles. The van der Waals surface area contributed by atoms with E-state index in [1.165, 1.54) is 15.1 Å². The van der Waals surface area contributed by atoms with Crippen LogP contribution in [0, 0.1) is 13.8 Å². The van der Waals surface area contributed by atoms with Gasteiger partial charge < -0.3 is 0 Å². The Balaban J connectivity index is 1.69. The monoisotopic (exact) mass is 329 g/mol. The predicted octanol–water partition coefficient (Wildman–Crippen LogP) is 4.32. The molecule has 0 fully saturated rings. The first-order chi connectivity index (χ1) is 10.6. The summed E-state index contributed by atoms with van der Waals surface area (Å²) in [6, 6.07) is 6.40. The lowest BCUT2D eigenvalue weighted by Gasteiger charge is -1.94. The van der Waals surface area contributed by atoms with Gasteiger partial charge in [-0.05, 0) is 38.0 Å². The number of anilines is 2. The molecule has 0 unspecified atom stereocenters. The molecule has 3 heterocycles. The van der Waals surface area contributed by atoms with Crippen molar-refractivity contribution in [3.8, 4) is 0 Å². The van der Waals surface area contributed by atoms with Crippen LogP contribution in [0.4, 0.5) is 11.1 Å². The third-order valence-electron chi connectivity index (χ3n) is 3.73. The number of hydrogen-bond donors (Lipinski definition) is 1. The highest BCUT2D eigenvalue weighted by Gasteiger charge is 2.12. The van der Waals surface area contributed by atoms with Gasteiger partial charge in [-0.3, -0.25) is 5.32 Å². The summed E-state index contributed by atoms with van der Waals surface area (Å²) in [5, 5.41) is 8.56. The number of fused-ring (bicyclic) bond motifs is 2. The largest absolute Gasteiger partial charge is 0.299 e. The van der Waals surface area contributed by atoms with Gasteiger partial charge in [-0.1, -0.05) is 35.7 Å². The topological polar surface area (TPSA) is 55.1 Å². The number of aromatic nitrogens is 4. The number of aryl methyl sites for hydroxylation is 3. The summed E-state index contributed by atoms with van der Waals surface area (Å²) in [6.45, 7) is 6.30. The highest BCUT2D eigenvalue weighted by atomic mass is 32.1. The summed E-state index contributed by atoms with van der Waals surface area (Å²) in [5.74, 6) is 0.601. The van der Waals surface area contributed by atoms with Gasteiger partial charge in [0.25, 0.3) is 0 Å². The van der Waals surface area contributed by atoms with E-state index in [9.17, 15) is 0 Å². The van der Waals surface area contributed by atoms with E-state index in [0.717, 1.165) is 27.7 Å². The Hall–Kier alpha value is -1.99. The number of nitrogens with one attached hydrogen (secondary N) is 1. The van der Waals surface area contributed by atoms with Crippen molar-refractivity contribution in [3.63, 3.8) is 0 Å². The Morgan fingerprint density at radius 1 is 1.18 bits per heavy atom. The number of benzene rings is 1. The molecule has 0 amide bonds. The van der Waals surface area contributed by atoms with Gasteiger partial charge in [-0.2, -0.15) is 4.98 Å². The molecular weight excluding hydrogens is 314 g/mol. The normalized spacial score (nSPS) is 11.6. The van der Waals surface area contributed by atoms with Crippen molar-refractivity contribution in [2.75, 3.05) is 5.32 Å². The van der Waals surface area contributed by atoms with Crippen LogP contribution in [0.25, 0.3) is 15.2 Å². The number of thiazole rings is 2. The molecule has 22 heavy (non-hydrogen) atoms. The van der Waals surface area contributed by atoms with Crippen molar-refractivity contribution < 1.29 is 0 Å². The molecule has 4 rings (SSSR count). The third-order valence-corrected chi connectivity index (χ3v) is 5.71. The first-order valence-electron chi connectivity index (χ1n) is 7.13. The van der Waals surface area contributed by atoms with E-state index in [4.69, 9.17) is 0 Å². The average molecular weight is 329 g/mol. The highest BCUT2D eigenvalue weighted by molar-refractivity contribution is 7.22. The lowest BCUT2D eigenvalue weighted by atomic mass is 10.2. The van der Waals surface area contributed by atoms with Crippen LogP contribution >= 0.6 is 22.7 Å². The second-order valence-electron chi connectivity index (χ2n) is 5.17. The summed E-state index contributed by atoms with van der Waals surface area (Å²) >= 11 is 3.29. The zero-order valence-corrected chi connectivity index (χ0v) is 14.2.